The number of nitrogens with one attached hydrogen (secondary N) is 2. The number of nitrogens with zero attached hydrogens (tertiary/aromatic N) is 4. The fraction of sp³-hybridized carbons (Fsp3) is 0.571. The van der Waals surface area contributed by atoms with Crippen LogP contribution in [-0.4, -0.2) is 52.4 Å². The molecule has 0 saturated carbocycles. The smallest absolute Gasteiger partial charge is 0.191 e. The lowest BCUT2D eigenvalue weighted by Crippen LogP contribution is -2.40. The monoisotopic (exact) mass is 562 g/mol. The number of hydrogen-bond donors (Lipinski definition) is 2. The van der Waals surface area contributed by atoms with Crippen LogP contribution in [0.15, 0.2) is 45.4 Å². The van der Waals surface area contributed by atoms with Crippen LogP contribution >= 0.6 is 47.5 Å². The van der Waals surface area contributed by atoms with E-state index in [4.69, 9.17) is 0 Å². The molecule has 2 rings (SSSR count). The van der Waals surface area contributed by atoms with Gasteiger partial charge in [0.05, 0.1) is 0 Å². The molecule has 2 aromatic rings. The van der Waals surface area contributed by atoms with Gasteiger partial charge in [-0.1, -0.05) is 50.7 Å². The molecule has 0 aliphatic carbocycles. The fourth-order valence-corrected chi connectivity index (χ4v) is 4.36. The van der Waals surface area contributed by atoms with Gasteiger partial charge in [0.15, 0.2) is 11.1 Å². The quantitative estimate of drug-likeness (QED) is 0.138. The van der Waals surface area contributed by atoms with Crippen molar-refractivity contribution in [3.63, 3.8) is 0 Å². The molecule has 1 aromatic carbocycles. The van der Waals surface area contributed by atoms with Crippen molar-refractivity contribution < 1.29 is 0 Å². The average molecular weight is 563 g/mol. The van der Waals surface area contributed by atoms with Crippen LogP contribution in [0.3, 0.4) is 0 Å². The number of thioether (sulfide) groups is 2. The zero-order valence-corrected chi connectivity index (χ0v) is 22.6. The third kappa shape index (κ3) is 9.47. The lowest BCUT2D eigenvalue weighted by molar-refractivity contribution is 0.477. The molecule has 9 heteroatoms. The van der Waals surface area contributed by atoms with Crippen molar-refractivity contribution in [1.82, 2.24) is 25.4 Å². The molecule has 0 fully saturated rings. The molecule has 0 radical (unpaired) electrons. The first-order chi connectivity index (χ1) is 14.0. The van der Waals surface area contributed by atoms with Crippen molar-refractivity contribution in [2.75, 3.05) is 26.4 Å². The largest absolute Gasteiger partial charge is 0.356 e. The van der Waals surface area contributed by atoms with Crippen LogP contribution in [0.2, 0.25) is 0 Å². The van der Waals surface area contributed by atoms with Crippen LogP contribution in [0.4, 0.5) is 0 Å². The SMILES string of the molecule is CN=C(NCCCc1nnc(SC)n1CC(C)C)NCC(C)Sc1ccccc1.I. The van der Waals surface area contributed by atoms with Crippen LogP contribution in [-0.2, 0) is 13.0 Å². The van der Waals surface area contributed by atoms with Gasteiger partial charge in [0, 0.05) is 43.2 Å². The van der Waals surface area contributed by atoms with Crippen molar-refractivity contribution >= 4 is 53.5 Å². The number of hydrogen-bond acceptors (Lipinski definition) is 5. The molecule has 0 spiro atoms. The Hall–Kier alpha value is -0.940. The normalized spacial score (nSPS) is 12.5. The summed E-state index contributed by atoms with van der Waals surface area (Å²) < 4.78 is 2.25. The average Bonchev–Trinajstić information content (AvgIpc) is 3.09. The van der Waals surface area contributed by atoms with E-state index >= 15 is 0 Å². The Kier molecular flexibility index (Phi) is 13.5. The highest BCUT2D eigenvalue weighted by Crippen LogP contribution is 2.21. The van der Waals surface area contributed by atoms with E-state index in [0.717, 1.165) is 49.4 Å². The van der Waals surface area contributed by atoms with E-state index in [2.05, 4.69) is 81.7 Å². The van der Waals surface area contributed by atoms with Crippen LogP contribution in [0, 0.1) is 5.92 Å². The summed E-state index contributed by atoms with van der Waals surface area (Å²) in [6.45, 7) is 9.35. The van der Waals surface area contributed by atoms with Crippen molar-refractivity contribution in [3.8, 4) is 0 Å². The van der Waals surface area contributed by atoms with Gasteiger partial charge in [0.1, 0.15) is 5.82 Å². The first kappa shape index (κ1) is 27.1. The Morgan fingerprint density at radius 3 is 2.50 bits per heavy atom. The summed E-state index contributed by atoms with van der Waals surface area (Å²) in [6.07, 6.45) is 3.95. The molecule has 1 atom stereocenters. The van der Waals surface area contributed by atoms with Gasteiger partial charge in [-0.15, -0.1) is 45.9 Å². The van der Waals surface area contributed by atoms with E-state index in [1.54, 1.807) is 11.8 Å². The zero-order valence-electron chi connectivity index (χ0n) is 18.6. The van der Waals surface area contributed by atoms with Crippen molar-refractivity contribution in [1.29, 1.82) is 0 Å². The summed E-state index contributed by atoms with van der Waals surface area (Å²) in [5.74, 6) is 2.49. The third-order valence-corrected chi connectivity index (χ3v) is 6.03. The van der Waals surface area contributed by atoms with Crippen LogP contribution in [0.5, 0.6) is 0 Å². The standard InChI is InChI=1S/C21H34N6S2.HI/c1-16(2)15-27-19(25-26-21(27)28-5)12-9-13-23-20(22-4)24-14-17(3)29-18-10-7-6-8-11-18;/h6-8,10-11,16-17H,9,12-15H2,1-5H3,(H2,22,23,24);1H. The molecule has 1 aromatic heterocycles. The zero-order chi connectivity index (χ0) is 21.1. The molecule has 1 heterocycles. The van der Waals surface area contributed by atoms with Crippen LogP contribution in [0.1, 0.15) is 33.0 Å². The fourth-order valence-electron chi connectivity index (χ4n) is 2.89. The maximum absolute atomic E-state index is 4.39. The van der Waals surface area contributed by atoms with Crippen molar-refractivity contribution in [2.45, 2.75) is 55.5 Å². The number of halogens is 1. The summed E-state index contributed by atoms with van der Waals surface area (Å²) >= 11 is 3.53. The van der Waals surface area contributed by atoms with Gasteiger partial charge < -0.3 is 15.2 Å². The Morgan fingerprint density at radius 1 is 1.13 bits per heavy atom. The predicted molar refractivity (Wildman–Crippen MR) is 142 cm³/mol. The summed E-state index contributed by atoms with van der Waals surface area (Å²) in [5, 5.41) is 17.0. The Labute approximate surface area is 206 Å². The van der Waals surface area contributed by atoms with Crippen LogP contribution in [0.25, 0.3) is 0 Å². The molecule has 0 amide bonds. The lowest BCUT2D eigenvalue weighted by Gasteiger charge is -2.16. The summed E-state index contributed by atoms with van der Waals surface area (Å²) in [4.78, 5) is 5.63. The molecule has 0 saturated heterocycles. The molecular formula is C21H35IN6S2. The molecule has 0 aliphatic rings. The summed E-state index contributed by atoms with van der Waals surface area (Å²) in [5.41, 5.74) is 0. The molecule has 0 bridgehead atoms. The minimum atomic E-state index is 0. The van der Waals surface area contributed by atoms with E-state index in [1.165, 1.54) is 4.90 Å². The summed E-state index contributed by atoms with van der Waals surface area (Å²) in [6, 6.07) is 10.5. The first-order valence-corrected chi connectivity index (χ1v) is 12.3. The van der Waals surface area contributed by atoms with Crippen LogP contribution < -0.4 is 10.6 Å². The van der Waals surface area contributed by atoms with Gasteiger partial charge in [0.2, 0.25) is 0 Å². The van der Waals surface area contributed by atoms with E-state index < -0.39 is 0 Å². The summed E-state index contributed by atoms with van der Waals surface area (Å²) in [7, 11) is 1.81. The van der Waals surface area contributed by atoms with Gasteiger partial charge in [0.25, 0.3) is 0 Å². The molecule has 0 aliphatic heterocycles. The number of rotatable bonds is 11. The van der Waals surface area contributed by atoms with Gasteiger partial charge >= 0.3 is 0 Å². The Balaban J connectivity index is 0.00000450. The van der Waals surface area contributed by atoms with Crippen molar-refractivity contribution in [2.24, 2.45) is 10.9 Å². The van der Waals surface area contributed by atoms with E-state index in [9.17, 15) is 0 Å². The highest BCUT2D eigenvalue weighted by atomic mass is 127. The minimum Gasteiger partial charge on any atom is -0.356 e. The van der Waals surface area contributed by atoms with E-state index in [0.29, 0.717) is 11.2 Å². The second-order valence-electron chi connectivity index (χ2n) is 7.33. The number of guanidine groups is 1. The predicted octanol–water partition coefficient (Wildman–Crippen LogP) is 4.55. The van der Waals surface area contributed by atoms with Gasteiger partial charge in [-0.25, -0.2) is 0 Å². The highest BCUT2D eigenvalue weighted by molar-refractivity contribution is 14.0. The first-order valence-electron chi connectivity index (χ1n) is 10.2. The third-order valence-electron chi connectivity index (χ3n) is 4.25. The molecular weight excluding hydrogens is 527 g/mol. The number of aromatic nitrogens is 3. The van der Waals surface area contributed by atoms with Crippen molar-refractivity contribution in [3.05, 3.63) is 36.2 Å². The molecule has 30 heavy (non-hydrogen) atoms. The molecule has 1 unspecified atom stereocenters. The Morgan fingerprint density at radius 2 is 1.87 bits per heavy atom. The maximum atomic E-state index is 4.39. The second-order valence-corrected chi connectivity index (χ2v) is 9.62. The van der Waals surface area contributed by atoms with Gasteiger partial charge in [-0.2, -0.15) is 0 Å². The molecule has 168 valence electrons. The second kappa shape index (κ2) is 15.0. The van der Waals surface area contributed by atoms with E-state index in [-0.39, 0.29) is 24.0 Å². The van der Waals surface area contributed by atoms with Gasteiger partial charge in [-0.05, 0) is 30.7 Å². The number of aryl methyl sites for hydroxylation is 1. The number of benzene rings is 1. The molecule has 2 N–H and O–H groups in total. The maximum Gasteiger partial charge on any atom is 0.191 e. The minimum absolute atomic E-state index is 0. The number of aliphatic imine (C=N–C) groups is 1. The highest BCUT2D eigenvalue weighted by Gasteiger charge is 2.12. The lowest BCUT2D eigenvalue weighted by atomic mass is 10.2. The van der Waals surface area contributed by atoms with Gasteiger partial charge in [-0.3, -0.25) is 4.99 Å². The van der Waals surface area contributed by atoms with E-state index in [1.807, 2.05) is 24.9 Å². The Bertz CT molecular complexity index is 751. The topological polar surface area (TPSA) is 67.1 Å². The molecule has 6 nitrogen and oxygen atoms in total.